The molecule has 92 valence electrons. The van der Waals surface area contributed by atoms with Gasteiger partial charge >= 0.3 is 0 Å². The van der Waals surface area contributed by atoms with Crippen molar-refractivity contribution in [2.45, 2.75) is 33.7 Å². The normalized spacial score (nSPS) is 14.1. The fraction of sp³-hybridized carbons (Fsp3) is 0.538. The summed E-state index contributed by atoms with van der Waals surface area (Å²) in [7, 11) is 0. The first-order valence-electron chi connectivity index (χ1n) is 6.04. The van der Waals surface area contributed by atoms with E-state index in [4.69, 9.17) is 0 Å². The molecule has 1 atom stereocenters. The second-order valence-electron chi connectivity index (χ2n) is 5.36. The van der Waals surface area contributed by atoms with Gasteiger partial charge in [0.2, 0.25) is 0 Å². The molecule has 0 bridgehead atoms. The summed E-state index contributed by atoms with van der Waals surface area (Å²) >= 11 is 0. The Hall–Kier alpha value is -1.42. The van der Waals surface area contributed by atoms with Gasteiger partial charge in [-0.15, -0.1) is 0 Å². The van der Waals surface area contributed by atoms with E-state index in [1.807, 2.05) is 23.1 Å². The highest BCUT2D eigenvalue weighted by Gasteiger charge is 2.27. The predicted octanol–water partition coefficient (Wildman–Crippen LogP) is 2.43. The zero-order chi connectivity index (χ0) is 12.5. The fourth-order valence-corrected chi connectivity index (χ4v) is 2.16. The molecule has 2 aromatic heterocycles. The van der Waals surface area contributed by atoms with E-state index < -0.39 is 0 Å². The summed E-state index contributed by atoms with van der Waals surface area (Å²) < 4.78 is 1.87. The SMILES string of the molecule is CCNC(c1cnn2ccncc12)C(C)(C)C. The Bertz CT molecular complexity index is 495. The Labute approximate surface area is 102 Å². The molecule has 2 rings (SSSR count). The lowest BCUT2D eigenvalue weighted by atomic mass is 9.83. The molecule has 0 aliphatic carbocycles. The molecular weight excluding hydrogens is 212 g/mol. The van der Waals surface area contributed by atoms with Crippen molar-refractivity contribution in [1.29, 1.82) is 0 Å². The van der Waals surface area contributed by atoms with E-state index in [1.54, 1.807) is 6.20 Å². The van der Waals surface area contributed by atoms with Gasteiger partial charge in [0, 0.05) is 24.0 Å². The maximum absolute atomic E-state index is 4.37. The average molecular weight is 232 g/mol. The monoisotopic (exact) mass is 232 g/mol. The fourth-order valence-electron chi connectivity index (χ4n) is 2.16. The number of hydrogen-bond acceptors (Lipinski definition) is 3. The first kappa shape index (κ1) is 12.0. The lowest BCUT2D eigenvalue weighted by Gasteiger charge is -2.31. The Morgan fingerprint density at radius 3 is 2.76 bits per heavy atom. The maximum Gasteiger partial charge on any atom is 0.0892 e. The van der Waals surface area contributed by atoms with Crippen molar-refractivity contribution in [2.24, 2.45) is 5.41 Å². The van der Waals surface area contributed by atoms with Crippen LogP contribution >= 0.6 is 0 Å². The predicted molar refractivity (Wildman–Crippen MR) is 68.9 cm³/mol. The molecule has 4 nitrogen and oxygen atoms in total. The van der Waals surface area contributed by atoms with Crippen molar-refractivity contribution in [1.82, 2.24) is 19.9 Å². The van der Waals surface area contributed by atoms with E-state index in [0.717, 1.165) is 12.1 Å². The van der Waals surface area contributed by atoms with Crippen LogP contribution in [0.15, 0.2) is 24.8 Å². The minimum absolute atomic E-state index is 0.148. The number of nitrogens with zero attached hydrogens (tertiary/aromatic N) is 3. The molecule has 1 unspecified atom stereocenters. The van der Waals surface area contributed by atoms with Crippen LogP contribution in [0.3, 0.4) is 0 Å². The molecule has 0 aliphatic heterocycles. The number of fused-ring (bicyclic) bond motifs is 1. The highest BCUT2D eigenvalue weighted by Crippen LogP contribution is 2.34. The van der Waals surface area contributed by atoms with Crippen LogP contribution in [0.5, 0.6) is 0 Å². The number of aromatic nitrogens is 3. The van der Waals surface area contributed by atoms with Crippen LogP contribution in [0, 0.1) is 5.41 Å². The molecule has 2 aromatic rings. The standard InChI is InChI=1S/C13H20N4/c1-5-15-12(13(2,3)4)10-8-16-17-7-6-14-9-11(10)17/h6-9,12,15H,5H2,1-4H3. The van der Waals surface area contributed by atoms with E-state index in [1.165, 1.54) is 5.56 Å². The molecular formula is C13H20N4. The van der Waals surface area contributed by atoms with Gasteiger partial charge in [-0.05, 0) is 12.0 Å². The molecule has 0 saturated heterocycles. The summed E-state index contributed by atoms with van der Waals surface area (Å²) in [6.45, 7) is 9.78. The minimum Gasteiger partial charge on any atom is -0.310 e. The number of hydrogen-bond donors (Lipinski definition) is 1. The van der Waals surface area contributed by atoms with Crippen LogP contribution < -0.4 is 5.32 Å². The van der Waals surface area contributed by atoms with Gasteiger partial charge in [-0.25, -0.2) is 4.52 Å². The van der Waals surface area contributed by atoms with Crippen molar-refractivity contribution >= 4 is 5.52 Å². The van der Waals surface area contributed by atoms with Crippen molar-refractivity contribution in [3.05, 3.63) is 30.4 Å². The van der Waals surface area contributed by atoms with E-state index in [2.05, 4.69) is 43.1 Å². The highest BCUT2D eigenvalue weighted by atomic mass is 15.2. The maximum atomic E-state index is 4.37. The Kier molecular flexibility index (Phi) is 3.15. The van der Waals surface area contributed by atoms with Crippen LogP contribution in [0.2, 0.25) is 0 Å². The molecule has 0 saturated carbocycles. The Morgan fingerprint density at radius 1 is 1.35 bits per heavy atom. The molecule has 0 spiro atoms. The summed E-state index contributed by atoms with van der Waals surface area (Å²) in [5.74, 6) is 0. The van der Waals surface area contributed by atoms with Gasteiger partial charge in [0.05, 0.1) is 17.9 Å². The van der Waals surface area contributed by atoms with E-state index in [-0.39, 0.29) is 11.5 Å². The van der Waals surface area contributed by atoms with Crippen LogP contribution in [0.25, 0.3) is 5.52 Å². The highest BCUT2D eigenvalue weighted by molar-refractivity contribution is 5.53. The first-order valence-corrected chi connectivity index (χ1v) is 6.04. The third kappa shape index (κ3) is 2.31. The number of rotatable bonds is 3. The second-order valence-corrected chi connectivity index (χ2v) is 5.36. The molecule has 1 N–H and O–H groups in total. The van der Waals surface area contributed by atoms with Crippen molar-refractivity contribution < 1.29 is 0 Å². The molecule has 4 heteroatoms. The summed E-state index contributed by atoms with van der Waals surface area (Å²) in [5.41, 5.74) is 2.44. The summed E-state index contributed by atoms with van der Waals surface area (Å²) in [5, 5.41) is 7.91. The van der Waals surface area contributed by atoms with Crippen molar-refractivity contribution in [3.8, 4) is 0 Å². The summed E-state index contributed by atoms with van der Waals surface area (Å²) in [6.07, 6.45) is 7.45. The van der Waals surface area contributed by atoms with Crippen molar-refractivity contribution in [3.63, 3.8) is 0 Å². The van der Waals surface area contributed by atoms with E-state index >= 15 is 0 Å². The van der Waals surface area contributed by atoms with Gasteiger partial charge in [-0.3, -0.25) is 4.98 Å². The zero-order valence-corrected chi connectivity index (χ0v) is 10.9. The summed E-state index contributed by atoms with van der Waals surface area (Å²) in [4.78, 5) is 4.18. The third-order valence-corrected chi connectivity index (χ3v) is 2.94. The van der Waals surface area contributed by atoms with E-state index in [0.29, 0.717) is 0 Å². The lowest BCUT2D eigenvalue weighted by molar-refractivity contribution is 0.278. The molecule has 0 radical (unpaired) electrons. The van der Waals surface area contributed by atoms with Crippen LogP contribution in [0.4, 0.5) is 0 Å². The summed E-state index contributed by atoms with van der Waals surface area (Å²) in [6, 6.07) is 0.286. The van der Waals surface area contributed by atoms with Gasteiger partial charge in [0.1, 0.15) is 0 Å². The zero-order valence-electron chi connectivity index (χ0n) is 10.9. The molecule has 0 aromatic carbocycles. The largest absolute Gasteiger partial charge is 0.310 e. The third-order valence-electron chi connectivity index (χ3n) is 2.94. The second kappa shape index (κ2) is 4.45. The first-order chi connectivity index (χ1) is 8.04. The van der Waals surface area contributed by atoms with Crippen molar-refractivity contribution in [2.75, 3.05) is 6.54 Å². The molecule has 0 aliphatic rings. The topological polar surface area (TPSA) is 42.2 Å². The molecule has 0 fully saturated rings. The van der Waals surface area contributed by atoms with Crippen LogP contribution in [-0.2, 0) is 0 Å². The molecule has 0 amide bonds. The van der Waals surface area contributed by atoms with Gasteiger partial charge in [0.25, 0.3) is 0 Å². The average Bonchev–Trinajstić information content (AvgIpc) is 2.68. The quantitative estimate of drug-likeness (QED) is 0.883. The lowest BCUT2D eigenvalue weighted by Crippen LogP contribution is -2.32. The van der Waals surface area contributed by atoms with Crippen LogP contribution in [-0.4, -0.2) is 21.1 Å². The van der Waals surface area contributed by atoms with Gasteiger partial charge < -0.3 is 5.32 Å². The van der Waals surface area contributed by atoms with Gasteiger partial charge in [0.15, 0.2) is 0 Å². The van der Waals surface area contributed by atoms with Crippen LogP contribution in [0.1, 0.15) is 39.3 Å². The Balaban J connectivity index is 2.49. The molecule has 17 heavy (non-hydrogen) atoms. The van der Waals surface area contributed by atoms with Gasteiger partial charge in [-0.1, -0.05) is 27.7 Å². The Morgan fingerprint density at radius 2 is 2.12 bits per heavy atom. The van der Waals surface area contributed by atoms with E-state index in [9.17, 15) is 0 Å². The smallest absolute Gasteiger partial charge is 0.0892 e. The van der Waals surface area contributed by atoms with Gasteiger partial charge in [-0.2, -0.15) is 5.10 Å². The number of nitrogens with one attached hydrogen (secondary N) is 1. The minimum atomic E-state index is 0.148. The molecule has 2 heterocycles.